The van der Waals surface area contributed by atoms with Gasteiger partial charge in [0.25, 0.3) is 11.8 Å². The molecule has 2 aliphatic rings. The number of amides is 3. The number of fused-ring (bicyclic) bond motifs is 1. The number of likely N-dealkylation sites (tertiary alicyclic amines) is 1. The average molecular weight is 406 g/mol. The normalized spacial score (nSPS) is 16.8. The van der Waals surface area contributed by atoms with Crippen molar-refractivity contribution in [2.24, 2.45) is 0 Å². The first kappa shape index (κ1) is 20.3. The fraction of sp³-hybridized carbons (Fsp3) is 0.375. The number of carbonyl (C=O) groups excluding carboxylic acids is 3. The number of ether oxygens (including phenoxy) is 1. The van der Waals surface area contributed by atoms with Crippen LogP contribution in [0, 0.1) is 6.92 Å². The van der Waals surface area contributed by atoms with Crippen LogP contribution in [-0.4, -0.2) is 53.3 Å². The van der Waals surface area contributed by atoms with Crippen LogP contribution >= 0.6 is 0 Å². The molecule has 156 valence electrons. The molecule has 30 heavy (non-hydrogen) atoms. The minimum Gasteiger partial charge on any atom is -0.373 e. The summed E-state index contributed by atoms with van der Waals surface area (Å²) >= 11 is 0. The van der Waals surface area contributed by atoms with Crippen LogP contribution in [0.3, 0.4) is 0 Å². The van der Waals surface area contributed by atoms with E-state index in [0.717, 1.165) is 24.0 Å². The van der Waals surface area contributed by atoms with Crippen LogP contribution in [-0.2, 0) is 16.1 Å². The minimum atomic E-state index is -0.309. The highest BCUT2D eigenvalue weighted by Gasteiger charge is 2.35. The molecule has 6 heteroatoms. The highest BCUT2D eigenvalue weighted by atomic mass is 16.5. The Morgan fingerprint density at radius 2 is 1.70 bits per heavy atom. The summed E-state index contributed by atoms with van der Waals surface area (Å²) in [7, 11) is 0. The SMILES string of the molecule is Cc1ccc2c(c1)C(=O)N(CCC(=O)N1CCC(OCc3ccccc3)CC1)C2=O. The minimum absolute atomic E-state index is 0.0238. The number of rotatable bonds is 6. The Bertz CT molecular complexity index is 949. The highest BCUT2D eigenvalue weighted by Crippen LogP contribution is 2.24. The van der Waals surface area contributed by atoms with Gasteiger partial charge >= 0.3 is 0 Å². The van der Waals surface area contributed by atoms with E-state index >= 15 is 0 Å². The van der Waals surface area contributed by atoms with Crippen LogP contribution in [0.2, 0.25) is 0 Å². The van der Waals surface area contributed by atoms with Crippen molar-refractivity contribution in [2.45, 2.75) is 38.9 Å². The number of nitrogens with zero attached hydrogens (tertiary/aromatic N) is 2. The number of imide groups is 1. The zero-order valence-electron chi connectivity index (χ0n) is 17.2. The predicted molar refractivity (Wildman–Crippen MR) is 112 cm³/mol. The van der Waals surface area contributed by atoms with Crippen LogP contribution < -0.4 is 0 Å². The molecule has 4 rings (SSSR count). The molecule has 2 aromatic rings. The van der Waals surface area contributed by atoms with Crippen LogP contribution in [0.15, 0.2) is 48.5 Å². The summed E-state index contributed by atoms with van der Waals surface area (Å²) in [5, 5.41) is 0. The van der Waals surface area contributed by atoms with Crippen molar-refractivity contribution in [3.8, 4) is 0 Å². The second-order valence-corrected chi connectivity index (χ2v) is 7.94. The van der Waals surface area contributed by atoms with E-state index in [1.807, 2.05) is 48.2 Å². The number of hydrogen-bond donors (Lipinski definition) is 0. The molecule has 6 nitrogen and oxygen atoms in total. The number of hydrogen-bond acceptors (Lipinski definition) is 4. The molecule has 0 bridgehead atoms. The van der Waals surface area contributed by atoms with E-state index in [-0.39, 0.29) is 36.8 Å². The smallest absolute Gasteiger partial charge is 0.261 e. The van der Waals surface area contributed by atoms with Crippen molar-refractivity contribution in [1.82, 2.24) is 9.80 Å². The first-order chi connectivity index (χ1) is 14.5. The average Bonchev–Trinajstić information content (AvgIpc) is 3.01. The summed E-state index contributed by atoms with van der Waals surface area (Å²) < 4.78 is 5.98. The number of piperidine rings is 1. The highest BCUT2D eigenvalue weighted by molar-refractivity contribution is 6.21. The first-order valence-corrected chi connectivity index (χ1v) is 10.4. The summed E-state index contributed by atoms with van der Waals surface area (Å²) in [5.41, 5.74) is 2.94. The molecular weight excluding hydrogens is 380 g/mol. The van der Waals surface area contributed by atoms with Crippen molar-refractivity contribution in [1.29, 1.82) is 0 Å². The molecule has 1 saturated heterocycles. The Hall–Kier alpha value is -2.99. The van der Waals surface area contributed by atoms with Crippen molar-refractivity contribution in [3.05, 3.63) is 70.8 Å². The molecule has 0 N–H and O–H groups in total. The van der Waals surface area contributed by atoms with E-state index in [0.29, 0.717) is 30.8 Å². The molecule has 0 aliphatic carbocycles. The van der Waals surface area contributed by atoms with Gasteiger partial charge in [-0.3, -0.25) is 19.3 Å². The maximum Gasteiger partial charge on any atom is 0.261 e. The monoisotopic (exact) mass is 406 g/mol. The zero-order valence-corrected chi connectivity index (χ0v) is 17.2. The zero-order chi connectivity index (χ0) is 21.1. The third kappa shape index (κ3) is 4.28. The lowest BCUT2D eigenvalue weighted by Gasteiger charge is -2.32. The van der Waals surface area contributed by atoms with Crippen molar-refractivity contribution in [2.75, 3.05) is 19.6 Å². The maximum absolute atomic E-state index is 12.6. The molecule has 0 atom stereocenters. The van der Waals surface area contributed by atoms with Gasteiger partial charge in [0.15, 0.2) is 0 Å². The largest absolute Gasteiger partial charge is 0.373 e. The van der Waals surface area contributed by atoms with E-state index in [9.17, 15) is 14.4 Å². The molecule has 0 spiro atoms. The second kappa shape index (κ2) is 8.79. The van der Waals surface area contributed by atoms with E-state index in [1.54, 1.807) is 12.1 Å². The molecule has 0 saturated carbocycles. The summed E-state index contributed by atoms with van der Waals surface area (Å²) in [6, 6.07) is 15.3. The molecule has 2 aliphatic heterocycles. The standard InChI is InChI=1S/C24H26N2O4/c1-17-7-8-20-21(15-17)24(29)26(23(20)28)14-11-22(27)25-12-9-19(10-13-25)30-16-18-5-3-2-4-6-18/h2-8,15,19H,9-14,16H2,1H3. The van der Waals surface area contributed by atoms with Crippen molar-refractivity contribution in [3.63, 3.8) is 0 Å². The topological polar surface area (TPSA) is 66.9 Å². The van der Waals surface area contributed by atoms with Gasteiger partial charge in [-0.05, 0) is 37.5 Å². The Balaban J connectivity index is 1.24. The van der Waals surface area contributed by atoms with Crippen LogP contribution in [0.4, 0.5) is 0 Å². The van der Waals surface area contributed by atoms with Gasteiger partial charge < -0.3 is 9.64 Å². The van der Waals surface area contributed by atoms with Gasteiger partial charge in [-0.1, -0.05) is 42.0 Å². The Labute approximate surface area is 176 Å². The van der Waals surface area contributed by atoms with Gasteiger partial charge in [0, 0.05) is 26.1 Å². The lowest BCUT2D eigenvalue weighted by molar-refractivity contribution is -0.134. The van der Waals surface area contributed by atoms with Crippen LogP contribution in [0.5, 0.6) is 0 Å². The van der Waals surface area contributed by atoms with Gasteiger partial charge in [-0.15, -0.1) is 0 Å². The molecule has 2 heterocycles. The quantitative estimate of drug-likeness (QED) is 0.691. The Morgan fingerprint density at radius 3 is 2.43 bits per heavy atom. The number of aryl methyl sites for hydroxylation is 1. The molecule has 3 amide bonds. The van der Waals surface area contributed by atoms with Crippen molar-refractivity contribution < 1.29 is 19.1 Å². The van der Waals surface area contributed by atoms with Crippen molar-refractivity contribution >= 4 is 17.7 Å². The third-order valence-electron chi connectivity index (χ3n) is 5.80. The lowest BCUT2D eigenvalue weighted by atomic mass is 10.1. The lowest BCUT2D eigenvalue weighted by Crippen LogP contribution is -2.42. The summed E-state index contributed by atoms with van der Waals surface area (Å²) in [6.45, 7) is 3.87. The van der Waals surface area contributed by atoms with Gasteiger partial charge in [0.1, 0.15) is 0 Å². The summed E-state index contributed by atoms with van der Waals surface area (Å²) in [5.74, 6) is -0.639. The van der Waals surface area contributed by atoms with E-state index in [2.05, 4.69) is 0 Å². The third-order valence-corrected chi connectivity index (χ3v) is 5.80. The number of benzene rings is 2. The Morgan fingerprint density at radius 1 is 1.00 bits per heavy atom. The second-order valence-electron chi connectivity index (χ2n) is 7.94. The first-order valence-electron chi connectivity index (χ1n) is 10.4. The van der Waals surface area contributed by atoms with E-state index in [1.165, 1.54) is 4.90 Å². The molecular formula is C24H26N2O4. The fourth-order valence-electron chi connectivity index (χ4n) is 4.03. The molecule has 0 radical (unpaired) electrons. The van der Waals surface area contributed by atoms with Crippen LogP contribution in [0.25, 0.3) is 0 Å². The molecule has 1 fully saturated rings. The Kier molecular flexibility index (Phi) is 5.95. The summed E-state index contributed by atoms with van der Waals surface area (Å²) in [6.07, 6.45) is 1.89. The van der Waals surface area contributed by atoms with Gasteiger partial charge in [0.2, 0.25) is 5.91 Å². The predicted octanol–water partition coefficient (Wildman–Crippen LogP) is 3.19. The van der Waals surface area contributed by atoms with Gasteiger partial charge in [-0.2, -0.15) is 0 Å². The van der Waals surface area contributed by atoms with Gasteiger partial charge in [0.05, 0.1) is 23.8 Å². The molecule has 0 unspecified atom stereocenters. The van der Waals surface area contributed by atoms with Crippen LogP contribution in [0.1, 0.15) is 51.1 Å². The van der Waals surface area contributed by atoms with E-state index < -0.39 is 0 Å². The molecule has 2 aromatic carbocycles. The fourth-order valence-corrected chi connectivity index (χ4v) is 4.03. The summed E-state index contributed by atoms with van der Waals surface area (Å²) in [4.78, 5) is 40.7. The maximum atomic E-state index is 12.6. The van der Waals surface area contributed by atoms with E-state index in [4.69, 9.17) is 4.74 Å². The number of carbonyl (C=O) groups is 3. The van der Waals surface area contributed by atoms with Gasteiger partial charge in [-0.25, -0.2) is 0 Å². The molecule has 0 aromatic heterocycles.